The lowest BCUT2D eigenvalue weighted by Crippen LogP contribution is -2.18. The van der Waals surface area contributed by atoms with E-state index >= 15 is 0 Å². The molecule has 3 heteroatoms. The van der Waals surface area contributed by atoms with Gasteiger partial charge in [0.05, 0.1) is 10.8 Å². The maximum atomic E-state index is 11.5. The molecular weight excluding hydrogens is 194 g/mol. The molecule has 0 fully saturated rings. The van der Waals surface area contributed by atoms with E-state index in [1.54, 1.807) is 6.26 Å². The molecule has 0 saturated heterocycles. The highest BCUT2D eigenvalue weighted by Crippen LogP contribution is 2.23. The molecule has 1 aromatic rings. The van der Waals surface area contributed by atoms with E-state index in [9.17, 15) is 4.21 Å². The Morgan fingerprint density at radius 1 is 1.29 bits per heavy atom. The molecule has 0 amide bonds. The average Bonchev–Trinajstić information content (AvgIpc) is 2.16. The van der Waals surface area contributed by atoms with Crippen LogP contribution in [0.2, 0.25) is 0 Å². The van der Waals surface area contributed by atoms with Gasteiger partial charge in [-0.3, -0.25) is 4.21 Å². The topological polar surface area (TPSA) is 20.3 Å². The van der Waals surface area contributed by atoms with Gasteiger partial charge in [-0.05, 0) is 32.6 Å². The van der Waals surface area contributed by atoms with Gasteiger partial charge in [0.25, 0.3) is 0 Å². The molecular formula is C11H17NOS. The van der Waals surface area contributed by atoms with Crippen LogP contribution in [0, 0.1) is 0 Å². The van der Waals surface area contributed by atoms with Crippen LogP contribution in [-0.2, 0) is 10.8 Å². The lowest BCUT2D eigenvalue weighted by atomic mass is 10.1. The van der Waals surface area contributed by atoms with E-state index in [2.05, 4.69) is 11.8 Å². The molecule has 0 bridgehead atoms. The maximum absolute atomic E-state index is 11.5. The highest BCUT2D eigenvalue weighted by atomic mass is 32.2. The fraction of sp³-hybridized carbons (Fsp3) is 0.455. The van der Waals surface area contributed by atoms with E-state index in [0.717, 1.165) is 10.5 Å². The Morgan fingerprint density at radius 3 is 2.36 bits per heavy atom. The molecule has 0 saturated carbocycles. The number of hydrogen-bond acceptors (Lipinski definition) is 2. The van der Waals surface area contributed by atoms with Crippen molar-refractivity contribution in [3.8, 4) is 0 Å². The van der Waals surface area contributed by atoms with Crippen LogP contribution in [0.3, 0.4) is 0 Å². The van der Waals surface area contributed by atoms with Gasteiger partial charge in [0, 0.05) is 17.2 Å². The Labute approximate surface area is 88.4 Å². The van der Waals surface area contributed by atoms with Crippen molar-refractivity contribution in [2.75, 3.05) is 20.4 Å². The molecule has 0 spiro atoms. The standard InChI is InChI=1S/C11H17NOS/c1-9(12(2)3)10-7-5-6-8-11(10)14(4)13/h5-9H,1-4H3/t9-,14+/m0/s1. The fourth-order valence-corrected chi connectivity index (χ4v) is 2.21. The normalized spacial score (nSPS) is 15.5. The third kappa shape index (κ3) is 2.42. The van der Waals surface area contributed by atoms with E-state index in [4.69, 9.17) is 0 Å². The van der Waals surface area contributed by atoms with E-state index in [0.29, 0.717) is 6.04 Å². The lowest BCUT2D eigenvalue weighted by molar-refractivity contribution is 0.317. The number of hydrogen-bond donors (Lipinski definition) is 0. The Hall–Kier alpha value is -0.670. The maximum Gasteiger partial charge on any atom is 0.0501 e. The second-order valence-electron chi connectivity index (χ2n) is 3.63. The summed E-state index contributed by atoms with van der Waals surface area (Å²) < 4.78 is 11.5. The molecule has 0 aliphatic rings. The molecule has 1 aromatic carbocycles. The summed E-state index contributed by atoms with van der Waals surface area (Å²) in [5.41, 5.74) is 1.15. The number of nitrogens with zero attached hydrogens (tertiary/aromatic N) is 1. The monoisotopic (exact) mass is 211 g/mol. The van der Waals surface area contributed by atoms with Crippen molar-refractivity contribution in [2.24, 2.45) is 0 Å². The van der Waals surface area contributed by atoms with Crippen molar-refractivity contribution in [2.45, 2.75) is 17.9 Å². The molecule has 0 unspecified atom stereocenters. The van der Waals surface area contributed by atoms with Crippen molar-refractivity contribution >= 4 is 10.8 Å². The Kier molecular flexibility index (Phi) is 3.84. The zero-order valence-electron chi connectivity index (χ0n) is 9.15. The van der Waals surface area contributed by atoms with Crippen LogP contribution < -0.4 is 0 Å². The van der Waals surface area contributed by atoms with Crippen LogP contribution in [0.1, 0.15) is 18.5 Å². The fourth-order valence-electron chi connectivity index (χ4n) is 1.37. The molecule has 78 valence electrons. The van der Waals surface area contributed by atoms with Crippen LogP contribution in [-0.4, -0.2) is 29.5 Å². The summed E-state index contributed by atoms with van der Waals surface area (Å²) in [6.07, 6.45) is 1.72. The molecule has 1 rings (SSSR count). The first kappa shape index (κ1) is 11.4. The van der Waals surface area contributed by atoms with Crippen LogP contribution in [0.4, 0.5) is 0 Å². The first-order chi connectivity index (χ1) is 6.54. The predicted molar refractivity (Wildman–Crippen MR) is 60.9 cm³/mol. The summed E-state index contributed by atoms with van der Waals surface area (Å²) in [6.45, 7) is 2.12. The minimum atomic E-state index is -0.904. The van der Waals surface area contributed by atoms with Gasteiger partial charge in [-0.15, -0.1) is 0 Å². The smallest absolute Gasteiger partial charge is 0.0501 e. The van der Waals surface area contributed by atoms with Crippen LogP contribution in [0.25, 0.3) is 0 Å². The first-order valence-electron chi connectivity index (χ1n) is 4.63. The Balaban J connectivity index is 3.13. The summed E-state index contributed by atoms with van der Waals surface area (Å²) in [6, 6.07) is 8.20. The molecule has 0 aliphatic carbocycles. The summed E-state index contributed by atoms with van der Waals surface area (Å²) in [5.74, 6) is 0. The predicted octanol–water partition coefficient (Wildman–Crippen LogP) is 2.05. The molecule has 0 radical (unpaired) electrons. The van der Waals surface area contributed by atoms with Gasteiger partial charge in [0.2, 0.25) is 0 Å². The van der Waals surface area contributed by atoms with Gasteiger partial charge in [0.1, 0.15) is 0 Å². The van der Waals surface area contributed by atoms with Crippen molar-refractivity contribution in [1.82, 2.24) is 4.90 Å². The van der Waals surface area contributed by atoms with Gasteiger partial charge in [-0.1, -0.05) is 18.2 Å². The molecule has 0 N–H and O–H groups in total. The van der Waals surface area contributed by atoms with E-state index in [1.165, 1.54) is 0 Å². The van der Waals surface area contributed by atoms with Gasteiger partial charge in [-0.25, -0.2) is 0 Å². The van der Waals surface area contributed by atoms with E-state index in [-0.39, 0.29) is 0 Å². The Bertz CT molecular complexity index is 336. The lowest BCUT2D eigenvalue weighted by Gasteiger charge is -2.22. The quantitative estimate of drug-likeness (QED) is 0.762. The van der Waals surface area contributed by atoms with Crippen LogP contribution in [0.5, 0.6) is 0 Å². The highest BCUT2D eigenvalue weighted by molar-refractivity contribution is 7.84. The molecule has 2 nitrogen and oxygen atoms in total. The number of rotatable bonds is 3. The zero-order chi connectivity index (χ0) is 10.7. The van der Waals surface area contributed by atoms with Gasteiger partial charge in [0.15, 0.2) is 0 Å². The largest absolute Gasteiger partial charge is 0.303 e. The molecule has 0 aromatic heterocycles. The van der Waals surface area contributed by atoms with Crippen molar-refractivity contribution in [1.29, 1.82) is 0 Å². The van der Waals surface area contributed by atoms with Crippen molar-refractivity contribution in [3.63, 3.8) is 0 Å². The second-order valence-corrected chi connectivity index (χ2v) is 4.98. The summed E-state index contributed by atoms with van der Waals surface area (Å²) in [4.78, 5) is 3.06. The Morgan fingerprint density at radius 2 is 1.86 bits per heavy atom. The van der Waals surface area contributed by atoms with E-state index < -0.39 is 10.8 Å². The van der Waals surface area contributed by atoms with Gasteiger partial charge < -0.3 is 4.90 Å². The van der Waals surface area contributed by atoms with Crippen molar-refractivity contribution in [3.05, 3.63) is 29.8 Å². The second kappa shape index (κ2) is 4.71. The molecule has 2 atom stereocenters. The molecule has 14 heavy (non-hydrogen) atoms. The van der Waals surface area contributed by atoms with Gasteiger partial charge in [-0.2, -0.15) is 0 Å². The van der Waals surface area contributed by atoms with Crippen LogP contribution >= 0.6 is 0 Å². The molecule has 0 aliphatic heterocycles. The van der Waals surface area contributed by atoms with E-state index in [1.807, 2.05) is 38.4 Å². The first-order valence-corrected chi connectivity index (χ1v) is 6.18. The molecule has 0 heterocycles. The minimum Gasteiger partial charge on any atom is -0.303 e. The number of benzene rings is 1. The van der Waals surface area contributed by atoms with Gasteiger partial charge >= 0.3 is 0 Å². The third-order valence-corrected chi connectivity index (χ3v) is 3.44. The minimum absolute atomic E-state index is 0.301. The summed E-state index contributed by atoms with van der Waals surface area (Å²) >= 11 is 0. The zero-order valence-corrected chi connectivity index (χ0v) is 9.97. The SMILES string of the molecule is C[C@@H](c1ccccc1[S@@](C)=O)N(C)C. The van der Waals surface area contributed by atoms with Crippen molar-refractivity contribution < 1.29 is 4.21 Å². The average molecular weight is 211 g/mol. The summed E-state index contributed by atoms with van der Waals surface area (Å²) in [7, 11) is 3.15. The van der Waals surface area contributed by atoms with Crippen LogP contribution in [0.15, 0.2) is 29.2 Å². The highest BCUT2D eigenvalue weighted by Gasteiger charge is 2.13. The summed E-state index contributed by atoms with van der Waals surface area (Å²) in [5, 5.41) is 0. The third-order valence-electron chi connectivity index (χ3n) is 2.45.